The van der Waals surface area contributed by atoms with Crippen LogP contribution in [0.4, 0.5) is 0 Å². The molecule has 0 amide bonds. The predicted molar refractivity (Wildman–Crippen MR) is 48.1 cm³/mol. The molecule has 0 aliphatic rings. The van der Waals surface area contributed by atoms with Crippen LogP contribution in [0.1, 0.15) is 25.3 Å². The number of hydrogen-bond acceptors (Lipinski definition) is 2. The minimum atomic E-state index is 0.488. The number of para-hydroxylation sites is 1. The van der Waals surface area contributed by atoms with Gasteiger partial charge in [0.2, 0.25) is 0 Å². The molecule has 1 aromatic carbocycles. The van der Waals surface area contributed by atoms with E-state index in [0.29, 0.717) is 5.92 Å². The second kappa shape index (κ2) is 2.63. The van der Waals surface area contributed by atoms with Crippen molar-refractivity contribution in [1.82, 2.24) is 4.98 Å². The van der Waals surface area contributed by atoms with Crippen molar-refractivity contribution >= 4 is 11.1 Å². The third kappa shape index (κ3) is 0.998. The Hall–Kier alpha value is -1.31. The van der Waals surface area contributed by atoms with Crippen molar-refractivity contribution in [2.75, 3.05) is 0 Å². The Labute approximate surface area is 71.2 Å². The molecular weight excluding hydrogens is 150 g/mol. The van der Waals surface area contributed by atoms with Crippen molar-refractivity contribution in [3.63, 3.8) is 0 Å². The fourth-order valence-electron chi connectivity index (χ4n) is 1.36. The lowest BCUT2D eigenvalue weighted by atomic mass is 10.0. The summed E-state index contributed by atoms with van der Waals surface area (Å²) in [6.45, 7) is 4.30. The van der Waals surface area contributed by atoms with E-state index in [0.717, 1.165) is 11.1 Å². The van der Waals surface area contributed by atoms with Gasteiger partial charge in [-0.2, -0.15) is 0 Å². The fraction of sp³-hybridized carbons (Fsp3) is 0.300. The van der Waals surface area contributed by atoms with E-state index in [1.54, 1.807) is 0 Å². The van der Waals surface area contributed by atoms with Crippen LogP contribution >= 0.6 is 0 Å². The zero-order chi connectivity index (χ0) is 8.55. The average Bonchev–Trinajstić information content (AvgIpc) is 2.49. The third-order valence-corrected chi connectivity index (χ3v) is 2.01. The zero-order valence-electron chi connectivity index (χ0n) is 7.24. The van der Waals surface area contributed by atoms with Gasteiger partial charge in [-0.05, 0) is 17.5 Å². The zero-order valence-corrected chi connectivity index (χ0v) is 7.24. The number of benzene rings is 1. The topological polar surface area (TPSA) is 26.0 Å². The van der Waals surface area contributed by atoms with Gasteiger partial charge < -0.3 is 4.42 Å². The van der Waals surface area contributed by atoms with Gasteiger partial charge in [0.25, 0.3) is 0 Å². The van der Waals surface area contributed by atoms with Crippen molar-refractivity contribution in [3.8, 4) is 0 Å². The van der Waals surface area contributed by atoms with E-state index in [-0.39, 0.29) is 0 Å². The second-order valence-corrected chi connectivity index (χ2v) is 3.20. The molecular formula is C10H11NO. The van der Waals surface area contributed by atoms with E-state index in [9.17, 15) is 0 Å². The largest absolute Gasteiger partial charge is 0.443 e. The highest BCUT2D eigenvalue weighted by Gasteiger charge is 2.07. The highest BCUT2D eigenvalue weighted by Crippen LogP contribution is 2.23. The van der Waals surface area contributed by atoms with Gasteiger partial charge in [-0.3, -0.25) is 0 Å². The Kier molecular flexibility index (Phi) is 1.61. The Balaban J connectivity index is 2.73. The Morgan fingerprint density at radius 1 is 1.33 bits per heavy atom. The lowest BCUT2D eigenvalue weighted by Gasteiger charge is -2.03. The van der Waals surface area contributed by atoms with Crippen LogP contribution in [0.15, 0.2) is 29.0 Å². The van der Waals surface area contributed by atoms with Crippen LogP contribution in [-0.4, -0.2) is 4.98 Å². The van der Waals surface area contributed by atoms with E-state index in [2.05, 4.69) is 24.9 Å². The summed E-state index contributed by atoms with van der Waals surface area (Å²) in [7, 11) is 0. The highest BCUT2D eigenvalue weighted by molar-refractivity contribution is 5.76. The van der Waals surface area contributed by atoms with Gasteiger partial charge in [0, 0.05) is 0 Å². The maximum Gasteiger partial charge on any atom is 0.181 e. The Morgan fingerprint density at radius 3 is 2.92 bits per heavy atom. The first-order valence-corrected chi connectivity index (χ1v) is 4.11. The summed E-state index contributed by atoms with van der Waals surface area (Å²) in [4.78, 5) is 4.10. The summed E-state index contributed by atoms with van der Waals surface area (Å²) in [6.07, 6.45) is 1.50. The molecule has 0 aliphatic carbocycles. The Morgan fingerprint density at radius 2 is 2.17 bits per heavy atom. The predicted octanol–water partition coefficient (Wildman–Crippen LogP) is 2.95. The molecule has 62 valence electrons. The third-order valence-electron chi connectivity index (χ3n) is 2.01. The molecule has 0 bridgehead atoms. The molecule has 1 aromatic heterocycles. The molecule has 2 nitrogen and oxygen atoms in total. The normalized spacial score (nSPS) is 11.2. The van der Waals surface area contributed by atoms with E-state index < -0.39 is 0 Å². The first kappa shape index (κ1) is 7.35. The first-order valence-electron chi connectivity index (χ1n) is 4.11. The van der Waals surface area contributed by atoms with Crippen LogP contribution in [0.25, 0.3) is 11.1 Å². The molecule has 0 aliphatic heterocycles. The molecule has 1 heterocycles. The minimum Gasteiger partial charge on any atom is -0.443 e. The maximum atomic E-state index is 5.30. The molecule has 0 saturated carbocycles. The average molecular weight is 161 g/mol. The summed E-state index contributed by atoms with van der Waals surface area (Å²) < 4.78 is 5.30. The van der Waals surface area contributed by atoms with Gasteiger partial charge in [0.05, 0.1) is 0 Å². The molecule has 0 atom stereocenters. The van der Waals surface area contributed by atoms with Crippen molar-refractivity contribution in [1.29, 1.82) is 0 Å². The van der Waals surface area contributed by atoms with Crippen molar-refractivity contribution < 1.29 is 4.42 Å². The lowest BCUT2D eigenvalue weighted by molar-refractivity contribution is 0.594. The van der Waals surface area contributed by atoms with Gasteiger partial charge in [-0.25, -0.2) is 4.98 Å². The molecule has 2 rings (SSSR count). The van der Waals surface area contributed by atoms with Gasteiger partial charge in [0.1, 0.15) is 5.52 Å². The van der Waals surface area contributed by atoms with Crippen molar-refractivity contribution in [3.05, 3.63) is 30.2 Å². The molecule has 0 N–H and O–H groups in total. The van der Waals surface area contributed by atoms with Gasteiger partial charge in [-0.1, -0.05) is 26.0 Å². The highest BCUT2D eigenvalue weighted by atomic mass is 16.3. The lowest BCUT2D eigenvalue weighted by Crippen LogP contribution is -1.86. The molecule has 0 spiro atoms. The molecule has 2 aromatic rings. The standard InChI is InChI=1S/C10H11NO/c1-7(2)8-4-3-5-9-10(8)12-6-11-9/h3-7H,1-2H3. The molecule has 0 fully saturated rings. The van der Waals surface area contributed by atoms with Crippen LogP contribution in [-0.2, 0) is 0 Å². The second-order valence-electron chi connectivity index (χ2n) is 3.20. The fourth-order valence-corrected chi connectivity index (χ4v) is 1.36. The smallest absolute Gasteiger partial charge is 0.181 e. The number of aromatic nitrogens is 1. The molecule has 0 radical (unpaired) electrons. The molecule has 2 heteroatoms. The monoisotopic (exact) mass is 161 g/mol. The number of hydrogen-bond donors (Lipinski definition) is 0. The molecule has 0 saturated heterocycles. The number of rotatable bonds is 1. The summed E-state index contributed by atoms with van der Waals surface area (Å²) in [5.74, 6) is 0.488. The SMILES string of the molecule is CC(C)c1cccc2ncoc12. The Bertz CT molecular complexity index is 389. The quantitative estimate of drug-likeness (QED) is 0.642. The van der Waals surface area contributed by atoms with Gasteiger partial charge in [-0.15, -0.1) is 0 Å². The van der Waals surface area contributed by atoms with Crippen LogP contribution in [0.3, 0.4) is 0 Å². The number of fused-ring (bicyclic) bond motifs is 1. The minimum absolute atomic E-state index is 0.488. The van der Waals surface area contributed by atoms with E-state index >= 15 is 0 Å². The van der Waals surface area contributed by atoms with E-state index in [4.69, 9.17) is 4.42 Å². The van der Waals surface area contributed by atoms with Crippen molar-refractivity contribution in [2.45, 2.75) is 19.8 Å². The van der Waals surface area contributed by atoms with Crippen LogP contribution in [0.5, 0.6) is 0 Å². The maximum absolute atomic E-state index is 5.30. The number of nitrogens with zero attached hydrogens (tertiary/aromatic N) is 1. The van der Waals surface area contributed by atoms with E-state index in [1.807, 2.05) is 12.1 Å². The molecule has 0 unspecified atom stereocenters. The van der Waals surface area contributed by atoms with E-state index in [1.165, 1.54) is 12.0 Å². The summed E-state index contributed by atoms with van der Waals surface area (Å²) in [6, 6.07) is 6.06. The summed E-state index contributed by atoms with van der Waals surface area (Å²) in [5, 5.41) is 0. The van der Waals surface area contributed by atoms with Crippen LogP contribution in [0.2, 0.25) is 0 Å². The van der Waals surface area contributed by atoms with Gasteiger partial charge >= 0.3 is 0 Å². The van der Waals surface area contributed by atoms with Crippen LogP contribution in [0, 0.1) is 0 Å². The molecule has 12 heavy (non-hydrogen) atoms. The summed E-state index contributed by atoms with van der Waals surface area (Å²) >= 11 is 0. The van der Waals surface area contributed by atoms with Crippen molar-refractivity contribution in [2.24, 2.45) is 0 Å². The van der Waals surface area contributed by atoms with Crippen LogP contribution < -0.4 is 0 Å². The number of oxazole rings is 1. The summed E-state index contributed by atoms with van der Waals surface area (Å²) in [5.41, 5.74) is 3.10. The first-order chi connectivity index (χ1) is 5.79. The van der Waals surface area contributed by atoms with Gasteiger partial charge in [0.15, 0.2) is 12.0 Å².